The summed E-state index contributed by atoms with van der Waals surface area (Å²) in [6, 6.07) is 14.6. The van der Waals surface area contributed by atoms with Gasteiger partial charge in [-0.1, -0.05) is 68.7 Å². The molecule has 3 rings (SSSR count). The van der Waals surface area contributed by atoms with E-state index in [0.29, 0.717) is 12.3 Å². The normalized spacial score (nSPS) is 14.4. The molecule has 0 atom stereocenters. The van der Waals surface area contributed by atoms with E-state index in [1.54, 1.807) is 0 Å². The fourth-order valence-corrected chi connectivity index (χ4v) is 4.72. The van der Waals surface area contributed by atoms with Crippen LogP contribution in [0.1, 0.15) is 63.9 Å². The number of hydrogen-bond acceptors (Lipinski definition) is 3. The standard InChI is InChI=1S/C28H43N3O.ClH/c1-2-3-4-7-17-29-18-8-9-19-30-23-24-15-20-31(21-16-24)28(32)22-26-13-10-12-25-11-5-6-14-27(25)26;/h5-6,10-14,24,29-30H,2-4,7-9,15-23H2,1H3;1H. The number of carbonyl (C=O) groups excluding carboxylic acids is 1. The van der Waals surface area contributed by atoms with Crippen LogP contribution in [-0.2, 0) is 11.2 Å². The Morgan fingerprint density at radius 2 is 1.55 bits per heavy atom. The number of carbonyl (C=O) groups is 1. The minimum Gasteiger partial charge on any atom is -0.342 e. The maximum Gasteiger partial charge on any atom is 0.227 e. The Balaban J connectivity index is 0.00000385. The maximum absolute atomic E-state index is 12.9. The zero-order valence-corrected chi connectivity index (χ0v) is 21.3. The molecule has 2 aromatic rings. The van der Waals surface area contributed by atoms with Crippen LogP contribution in [0.5, 0.6) is 0 Å². The molecule has 0 radical (unpaired) electrons. The van der Waals surface area contributed by atoms with Crippen molar-refractivity contribution >= 4 is 29.1 Å². The minimum atomic E-state index is 0. The van der Waals surface area contributed by atoms with Crippen molar-refractivity contribution in [3.8, 4) is 0 Å². The quantitative estimate of drug-likeness (QED) is 0.352. The molecule has 5 heteroatoms. The Bertz CT molecular complexity index is 799. The summed E-state index contributed by atoms with van der Waals surface area (Å²) >= 11 is 0. The lowest BCUT2D eigenvalue weighted by atomic mass is 9.95. The van der Waals surface area contributed by atoms with Crippen LogP contribution in [0.25, 0.3) is 10.8 Å². The summed E-state index contributed by atoms with van der Waals surface area (Å²) in [5.74, 6) is 0.975. The van der Waals surface area contributed by atoms with Crippen molar-refractivity contribution in [3.05, 3.63) is 48.0 Å². The molecular weight excluding hydrogens is 430 g/mol. The lowest BCUT2D eigenvalue weighted by Gasteiger charge is -2.32. The Kier molecular flexibility index (Phi) is 13.5. The Morgan fingerprint density at radius 1 is 0.879 bits per heavy atom. The van der Waals surface area contributed by atoms with Crippen molar-refractivity contribution in [1.29, 1.82) is 0 Å². The van der Waals surface area contributed by atoms with Crippen LogP contribution in [0.4, 0.5) is 0 Å². The zero-order valence-electron chi connectivity index (χ0n) is 20.5. The first-order chi connectivity index (χ1) is 15.8. The highest BCUT2D eigenvalue weighted by atomic mass is 35.5. The highest BCUT2D eigenvalue weighted by Crippen LogP contribution is 2.21. The molecule has 0 unspecified atom stereocenters. The highest BCUT2D eigenvalue weighted by molar-refractivity contribution is 5.90. The Labute approximate surface area is 207 Å². The molecule has 1 aliphatic heterocycles. The van der Waals surface area contributed by atoms with E-state index in [9.17, 15) is 4.79 Å². The molecule has 1 aliphatic rings. The van der Waals surface area contributed by atoms with Gasteiger partial charge < -0.3 is 15.5 Å². The van der Waals surface area contributed by atoms with Gasteiger partial charge in [-0.25, -0.2) is 0 Å². The van der Waals surface area contributed by atoms with Crippen LogP contribution in [0.3, 0.4) is 0 Å². The number of likely N-dealkylation sites (tertiary alicyclic amines) is 1. The molecule has 0 bridgehead atoms. The first-order valence-corrected chi connectivity index (χ1v) is 12.9. The average Bonchev–Trinajstić information content (AvgIpc) is 2.83. The summed E-state index contributed by atoms with van der Waals surface area (Å²) in [4.78, 5) is 15.0. The molecule has 1 heterocycles. The third-order valence-corrected chi connectivity index (χ3v) is 6.79. The number of unbranched alkanes of at least 4 members (excludes halogenated alkanes) is 4. The summed E-state index contributed by atoms with van der Waals surface area (Å²) in [5.41, 5.74) is 1.15. The molecule has 2 N–H and O–H groups in total. The average molecular weight is 474 g/mol. The van der Waals surface area contributed by atoms with Crippen LogP contribution in [0, 0.1) is 5.92 Å². The van der Waals surface area contributed by atoms with Crippen LogP contribution in [0.15, 0.2) is 42.5 Å². The first-order valence-electron chi connectivity index (χ1n) is 12.9. The number of benzene rings is 2. The molecule has 2 aromatic carbocycles. The van der Waals surface area contributed by atoms with E-state index in [2.05, 4.69) is 64.9 Å². The molecular formula is C28H44ClN3O. The van der Waals surface area contributed by atoms with E-state index in [1.807, 2.05) is 0 Å². The van der Waals surface area contributed by atoms with Gasteiger partial charge in [0.15, 0.2) is 0 Å². The van der Waals surface area contributed by atoms with Crippen molar-refractivity contribution in [2.24, 2.45) is 5.92 Å². The van der Waals surface area contributed by atoms with Gasteiger partial charge in [-0.3, -0.25) is 4.79 Å². The van der Waals surface area contributed by atoms with Crippen LogP contribution in [0.2, 0.25) is 0 Å². The second-order valence-electron chi connectivity index (χ2n) is 9.36. The smallest absolute Gasteiger partial charge is 0.227 e. The molecule has 4 nitrogen and oxygen atoms in total. The van der Waals surface area contributed by atoms with Gasteiger partial charge in [-0.15, -0.1) is 12.4 Å². The van der Waals surface area contributed by atoms with E-state index < -0.39 is 0 Å². The summed E-state index contributed by atoms with van der Waals surface area (Å²) in [7, 11) is 0. The van der Waals surface area contributed by atoms with Gasteiger partial charge in [0, 0.05) is 13.1 Å². The van der Waals surface area contributed by atoms with Gasteiger partial charge in [-0.2, -0.15) is 0 Å². The second kappa shape index (κ2) is 16.1. The minimum absolute atomic E-state index is 0. The fourth-order valence-electron chi connectivity index (χ4n) is 4.72. The van der Waals surface area contributed by atoms with E-state index in [1.165, 1.54) is 55.8 Å². The molecule has 0 spiro atoms. The molecule has 0 aliphatic carbocycles. The van der Waals surface area contributed by atoms with Crippen molar-refractivity contribution in [2.75, 3.05) is 39.3 Å². The summed E-state index contributed by atoms with van der Waals surface area (Å²) in [6.07, 6.45) is 10.6. The molecule has 1 saturated heterocycles. The predicted molar refractivity (Wildman–Crippen MR) is 143 cm³/mol. The lowest BCUT2D eigenvalue weighted by Crippen LogP contribution is -2.41. The monoisotopic (exact) mass is 473 g/mol. The van der Waals surface area contributed by atoms with E-state index in [-0.39, 0.29) is 18.3 Å². The van der Waals surface area contributed by atoms with Crippen molar-refractivity contribution in [2.45, 2.75) is 64.7 Å². The van der Waals surface area contributed by atoms with Crippen molar-refractivity contribution in [1.82, 2.24) is 15.5 Å². The van der Waals surface area contributed by atoms with Gasteiger partial charge in [0.1, 0.15) is 0 Å². The number of amides is 1. The summed E-state index contributed by atoms with van der Waals surface area (Å²) < 4.78 is 0. The van der Waals surface area contributed by atoms with E-state index >= 15 is 0 Å². The molecule has 1 fully saturated rings. The van der Waals surface area contributed by atoms with Gasteiger partial charge in [0.2, 0.25) is 5.91 Å². The zero-order chi connectivity index (χ0) is 22.4. The number of nitrogens with one attached hydrogen (secondary N) is 2. The van der Waals surface area contributed by atoms with Crippen molar-refractivity contribution < 1.29 is 4.79 Å². The Morgan fingerprint density at radius 3 is 2.30 bits per heavy atom. The number of piperidine rings is 1. The number of rotatable bonds is 14. The van der Waals surface area contributed by atoms with Gasteiger partial charge in [0.05, 0.1) is 6.42 Å². The third kappa shape index (κ3) is 9.64. The van der Waals surface area contributed by atoms with Gasteiger partial charge >= 0.3 is 0 Å². The number of nitrogens with zero attached hydrogens (tertiary/aromatic N) is 1. The number of halogens is 1. The van der Waals surface area contributed by atoms with E-state index in [0.717, 1.165) is 51.1 Å². The largest absolute Gasteiger partial charge is 0.342 e. The van der Waals surface area contributed by atoms with E-state index in [4.69, 9.17) is 0 Å². The van der Waals surface area contributed by atoms with Crippen LogP contribution >= 0.6 is 12.4 Å². The van der Waals surface area contributed by atoms with Gasteiger partial charge in [0.25, 0.3) is 0 Å². The molecule has 184 valence electrons. The predicted octanol–water partition coefficient (Wildman–Crippen LogP) is 5.58. The Hall–Kier alpha value is -1.62. The fraction of sp³-hybridized carbons (Fsp3) is 0.607. The second-order valence-corrected chi connectivity index (χ2v) is 9.36. The lowest BCUT2D eigenvalue weighted by molar-refractivity contribution is -0.131. The summed E-state index contributed by atoms with van der Waals surface area (Å²) in [5, 5.41) is 9.62. The van der Waals surface area contributed by atoms with Crippen LogP contribution < -0.4 is 10.6 Å². The number of hydrogen-bond donors (Lipinski definition) is 2. The summed E-state index contributed by atoms with van der Waals surface area (Å²) in [6.45, 7) is 8.58. The number of fused-ring (bicyclic) bond motifs is 1. The maximum atomic E-state index is 12.9. The van der Waals surface area contributed by atoms with Gasteiger partial charge in [-0.05, 0) is 80.5 Å². The highest BCUT2D eigenvalue weighted by Gasteiger charge is 2.22. The topological polar surface area (TPSA) is 44.4 Å². The molecule has 0 aromatic heterocycles. The SMILES string of the molecule is CCCCCCNCCCCNCC1CCN(C(=O)Cc2cccc3ccccc23)CC1.Cl. The van der Waals surface area contributed by atoms with Crippen LogP contribution in [-0.4, -0.2) is 50.1 Å². The molecule has 1 amide bonds. The third-order valence-electron chi connectivity index (χ3n) is 6.79. The van der Waals surface area contributed by atoms with Crippen molar-refractivity contribution in [3.63, 3.8) is 0 Å². The first kappa shape index (κ1) is 27.6. The molecule has 33 heavy (non-hydrogen) atoms. The molecule has 0 saturated carbocycles.